The van der Waals surface area contributed by atoms with Crippen LogP contribution in [0.3, 0.4) is 0 Å². The van der Waals surface area contributed by atoms with Gasteiger partial charge in [0.05, 0.1) is 17.9 Å². The molecule has 1 unspecified atom stereocenters. The van der Waals surface area contributed by atoms with Crippen LogP contribution < -0.4 is 9.47 Å². The minimum atomic E-state index is -0.740. The summed E-state index contributed by atoms with van der Waals surface area (Å²) in [4.78, 5) is 31.6. The second-order valence-corrected chi connectivity index (χ2v) is 8.20. The fraction of sp³-hybridized carbons (Fsp3) is 0.208. The smallest absolute Gasteiger partial charge is 0.295 e. The zero-order chi connectivity index (χ0) is 22.9. The maximum absolute atomic E-state index is 13.1. The molecule has 1 fully saturated rings. The first-order chi connectivity index (χ1) is 16.0. The first kappa shape index (κ1) is 21.1. The molecule has 33 heavy (non-hydrogen) atoms. The highest BCUT2D eigenvalue weighted by Crippen LogP contribution is 2.41. The monoisotopic (exact) mass is 465 g/mol. The van der Waals surface area contributed by atoms with E-state index in [1.807, 2.05) is 10.8 Å². The molecule has 0 aliphatic carbocycles. The minimum Gasteiger partial charge on any atom is -0.507 e. The first-order valence-corrected chi connectivity index (χ1v) is 10.8. The predicted molar refractivity (Wildman–Crippen MR) is 120 cm³/mol. The lowest BCUT2D eigenvalue weighted by molar-refractivity contribution is -0.139. The zero-order valence-corrected chi connectivity index (χ0v) is 18.2. The highest BCUT2D eigenvalue weighted by Gasteiger charge is 2.45. The Morgan fingerprint density at radius 3 is 2.64 bits per heavy atom. The molecular formula is C24H20ClN3O5. The van der Waals surface area contributed by atoms with E-state index in [2.05, 4.69) is 4.98 Å². The molecule has 1 N–H and O–H groups in total. The Hall–Kier alpha value is -3.78. The summed E-state index contributed by atoms with van der Waals surface area (Å²) in [5.41, 5.74) is 1.09. The molecule has 0 radical (unpaired) electrons. The van der Waals surface area contributed by atoms with Crippen LogP contribution in [0, 0.1) is 0 Å². The molecule has 2 aliphatic rings. The second kappa shape index (κ2) is 8.63. The number of imidazole rings is 1. The lowest BCUT2D eigenvalue weighted by atomic mass is 9.95. The van der Waals surface area contributed by atoms with Gasteiger partial charge >= 0.3 is 0 Å². The van der Waals surface area contributed by atoms with Crippen molar-refractivity contribution < 1.29 is 24.2 Å². The van der Waals surface area contributed by atoms with E-state index in [0.29, 0.717) is 47.2 Å². The van der Waals surface area contributed by atoms with Crippen LogP contribution in [0.4, 0.5) is 0 Å². The van der Waals surface area contributed by atoms with Crippen molar-refractivity contribution in [2.24, 2.45) is 0 Å². The Kier molecular flexibility index (Phi) is 5.51. The van der Waals surface area contributed by atoms with Gasteiger partial charge in [0.25, 0.3) is 11.7 Å². The molecule has 1 saturated heterocycles. The normalized spacial score (nSPS) is 18.8. The van der Waals surface area contributed by atoms with E-state index >= 15 is 0 Å². The van der Waals surface area contributed by atoms with Crippen LogP contribution in [-0.4, -0.2) is 44.6 Å². The van der Waals surface area contributed by atoms with Gasteiger partial charge in [-0.3, -0.25) is 9.59 Å². The lowest BCUT2D eigenvalue weighted by Gasteiger charge is -2.25. The summed E-state index contributed by atoms with van der Waals surface area (Å²) >= 11 is 6.06. The van der Waals surface area contributed by atoms with E-state index < -0.39 is 17.7 Å². The summed E-state index contributed by atoms with van der Waals surface area (Å²) in [5, 5.41) is 11.7. The van der Waals surface area contributed by atoms with Crippen molar-refractivity contribution in [3.05, 3.63) is 82.9 Å². The van der Waals surface area contributed by atoms with Crippen molar-refractivity contribution in [2.45, 2.75) is 19.0 Å². The number of carbonyl (C=O) groups excluding carboxylic acids is 2. The lowest BCUT2D eigenvalue weighted by Crippen LogP contribution is -2.31. The molecule has 3 aromatic rings. The van der Waals surface area contributed by atoms with Gasteiger partial charge in [-0.1, -0.05) is 23.7 Å². The second-order valence-electron chi connectivity index (χ2n) is 7.77. The van der Waals surface area contributed by atoms with E-state index in [1.54, 1.807) is 55.0 Å². The van der Waals surface area contributed by atoms with E-state index in [9.17, 15) is 14.7 Å². The van der Waals surface area contributed by atoms with Gasteiger partial charge in [0.1, 0.15) is 5.76 Å². The maximum Gasteiger partial charge on any atom is 0.295 e. The van der Waals surface area contributed by atoms with Gasteiger partial charge in [-0.15, -0.1) is 0 Å². The fourth-order valence-corrected chi connectivity index (χ4v) is 4.27. The molecule has 1 aromatic heterocycles. The highest BCUT2D eigenvalue weighted by molar-refractivity contribution is 6.46. The number of benzene rings is 2. The topological polar surface area (TPSA) is 93.9 Å². The number of carbonyl (C=O) groups is 2. The number of amides is 1. The quantitative estimate of drug-likeness (QED) is 0.338. The fourth-order valence-electron chi connectivity index (χ4n) is 4.14. The number of ketones is 1. The molecule has 3 heterocycles. The van der Waals surface area contributed by atoms with Crippen molar-refractivity contribution in [2.75, 3.05) is 13.3 Å². The van der Waals surface area contributed by atoms with E-state index in [1.165, 1.54) is 4.90 Å². The number of fused-ring (bicyclic) bond motifs is 1. The molecule has 0 bridgehead atoms. The Bertz CT molecular complexity index is 1240. The number of aromatic nitrogens is 2. The van der Waals surface area contributed by atoms with Crippen LogP contribution in [0.15, 0.2) is 66.8 Å². The third-order valence-corrected chi connectivity index (χ3v) is 6.00. The number of Topliss-reactive ketones (excluding diaryl/α,β-unsaturated/α-hetero) is 1. The van der Waals surface area contributed by atoms with E-state index in [-0.39, 0.29) is 18.1 Å². The molecular weight excluding hydrogens is 446 g/mol. The molecule has 2 aromatic carbocycles. The Morgan fingerprint density at radius 1 is 1.09 bits per heavy atom. The third kappa shape index (κ3) is 3.93. The number of likely N-dealkylation sites (tertiary alicyclic amines) is 1. The number of aliphatic hydroxyl groups excluding tert-OH is 1. The molecule has 2 aliphatic heterocycles. The van der Waals surface area contributed by atoms with E-state index in [0.717, 1.165) is 0 Å². The average molecular weight is 466 g/mol. The molecule has 0 spiro atoms. The molecule has 5 rings (SSSR count). The van der Waals surface area contributed by atoms with Crippen molar-refractivity contribution in [1.29, 1.82) is 0 Å². The van der Waals surface area contributed by atoms with E-state index in [4.69, 9.17) is 21.1 Å². The highest BCUT2D eigenvalue weighted by atomic mass is 35.5. The molecule has 168 valence electrons. The third-order valence-electron chi connectivity index (χ3n) is 5.75. The summed E-state index contributed by atoms with van der Waals surface area (Å²) in [6.45, 7) is 1.05. The van der Waals surface area contributed by atoms with Crippen molar-refractivity contribution in [3.8, 4) is 11.5 Å². The summed E-state index contributed by atoms with van der Waals surface area (Å²) in [5.74, 6) is -0.614. The maximum atomic E-state index is 13.1. The zero-order valence-electron chi connectivity index (χ0n) is 17.5. The van der Waals surface area contributed by atoms with Gasteiger partial charge in [-0.25, -0.2) is 4.98 Å². The molecule has 9 heteroatoms. The van der Waals surface area contributed by atoms with Crippen LogP contribution in [0.1, 0.15) is 23.6 Å². The minimum absolute atomic E-state index is 0.0313. The summed E-state index contributed by atoms with van der Waals surface area (Å²) in [6.07, 6.45) is 5.83. The number of hydrogen-bond donors (Lipinski definition) is 1. The Balaban J connectivity index is 1.53. The van der Waals surface area contributed by atoms with Crippen molar-refractivity contribution in [1.82, 2.24) is 14.5 Å². The largest absolute Gasteiger partial charge is 0.507 e. The first-order valence-electron chi connectivity index (χ1n) is 10.4. The van der Waals surface area contributed by atoms with Gasteiger partial charge in [0, 0.05) is 36.1 Å². The standard InChI is InChI=1S/C24H20ClN3O5/c25-17-5-2-15(3-6-17)21-20(22(29)16-4-7-18-19(12-16)33-14-32-18)23(30)24(31)28(21)10-1-9-27-11-8-26-13-27/h2-8,11-13,21,29H,1,9-10,14H2/b22-20+. The predicted octanol–water partition coefficient (Wildman–Crippen LogP) is 3.78. The SMILES string of the molecule is O=C1C(=O)N(CCCn2ccnc2)C(c2ccc(Cl)cc2)/C1=C(\O)c1ccc2c(c1)OCO2. The summed E-state index contributed by atoms with van der Waals surface area (Å²) < 4.78 is 12.6. The molecule has 8 nitrogen and oxygen atoms in total. The van der Waals surface area contributed by atoms with Crippen LogP contribution in [0.5, 0.6) is 11.5 Å². The van der Waals surface area contributed by atoms with Crippen molar-refractivity contribution >= 4 is 29.1 Å². The number of rotatable bonds is 6. The number of aryl methyl sites for hydroxylation is 1. The van der Waals surface area contributed by atoms with Gasteiger partial charge in [0.15, 0.2) is 11.5 Å². The van der Waals surface area contributed by atoms with Crippen LogP contribution in [0.25, 0.3) is 5.76 Å². The van der Waals surface area contributed by atoms with Crippen molar-refractivity contribution in [3.63, 3.8) is 0 Å². The van der Waals surface area contributed by atoms with Crippen LogP contribution in [-0.2, 0) is 16.1 Å². The average Bonchev–Trinajstić information content (AvgIpc) is 3.56. The molecule has 1 atom stereocenters. The number of ether oxygens (including phenoxy) is 2. The van der Waals surface area contributed by atoms with Gasteiger partial charge in [-0.05, 0) is 42.3 Å². The van der Waals surface area contributed by atoms with Gasteiger partial charge < -0.3 is 24.0 Å². The molecule has 0 saturated carbocycles. The van der Waals surface area contributed by atoms with Crippen LogP contribution in [0.2, 0.25) is 5.02 Å². The number of aliphatic hydroxyl groups is 1. The Labute approximate surface area is 194 Å². The number of nitrogens with zero attached hydrogens (tertiary/aromatic N) is 3. The Morgan fingerprint density at radius 2 is 1.88 bits per heavy atom. The summed E-state index contributed by atoms with van der Waals surface area (Å²) in [6, 6.07) is 11.1. The van der Waals surface area contributed by atoms with Gasteiger partial charge in [-0.2, -0.15) is 0 Å². The van der Waals surface area contributed by atoms with Gasteiger partial charge in [0.2, 0.25) is 6.79 Å². The number of halogens is 1. The summed E-state index contributed by atoms with van der Waals surface area (Å²) in [7, 11) is 0. The molecule has 1 amide bonds. The van der Waals surface area contributed by atoms with Crippen LogP contribution >= 0.6 is 11.6 Å². The number of hydrogen-bond acceptors (Lipinski definition) is 6.